The van der Waals surface area contributed by atoms with E-state index < -0.39 is 6.04 Å². The summed E-state index contributed by atoms with van der Waals surface area (Å²) in [5.74, 6) is -0.203. The van der Waals surface area contributed by atoms with Gasteiger partial charge in [0.2, 0.25) is 5.91 Å². The lowest BCUT2D eigenvalue weighted by molar-refractivity contribution is -0.117. The van der Waals surface area contributed by atoms with Gasteiger partial charge in [0.25, 0.3) is 0 Å². The Hall–Kier alpha value is -1.49. The molecule has 0 bridgehead atoms. The predicted octanol–water partition coefficient (Wildman–Crippen LogP) is 0.461. The van der Waals surface area contributed by atoms with Crippen molar-refractivity contribution in [2.45, 2.75) is 26.3 Å². The smallest absolute Gasteiger partial charge is 0.241 e. The molecule has 5 heteroatoms. The number of anilines is 1. The number of amides is 1. The summed E-state index contributed by atoms with van der Waals surface area (Å²) in [7, 11) is 0. The number of nitrogens with two attached hydrogens (primary N) is 1. The zero-order chi connectivity index (χ0) is 10.6. The topological polar surface area (TPSA) is 80.9 Å². The van der Waals surface area contributed by atoms with Crippen LogP contribution in [0.3, 0.4) is 0 Å². The van der Waals surface area contributed by atoms with E-state index in [2.05, 4.69) is 15.3 Å². The molecule has 0 aliphatic heterocycles. The first kappa shape index (κ1) is 10.6. The molecule has 0 radical (unpaired) electrons. The summed E-state index contributed by atoms with van der Waals surface area (Å²) in [6, 6.07) is -0.477. The van der Waals surface area contributed by atoms with Crippen molar-refractivity contribution < 1.29 is 4.79 Å². The Morgan fingerprint density at radius 1 is 1.71 bits per heavy atom. The summed E-state index contributed by atoms with van der Waals surface area (Å²) < 4.78 is 0. The van der Waals surface area contributed by atoms with Gasteiger partial charge in [0.05, 0.1) is 23.6 Å². The maximum Gasteiger partial charge on any atom is 0.241 e. The van der Waals surface area contributed by atoms with E-state index in [1.807, 2.05) is 6.92 Å². The molecule has 0 saturated heterocycles. The molecule has 1 atom stereocenters. The number of nitrogens with one attached hydrogen (secondary N) is 1. The zero-order valence-electron chi connectivity index (χ0n) is 8.32. The van der Waals surface area contributed by atoms with E-state index >= 15 is 0 Å². The van der Waals surface area contributed by atoms with Crippen LogP contribution in [-0.4, -0.2) is 21.9 Å². The number of carbonyl (C=O) groups is 1. The van der Waals surface area contributed by atoms with Gasteiger partial charge in [-0.15, -0.1) is 0 Å². The number of hydrogen-bond acceptors (Lipinski definition) is 4. The van der Waals surface area contributed by atoms with Crippen molar-refractivity contribution in [1.29, 1.82) is 0 Å². The Labute approximate surface area is 82.7 Å². The second kappa shape index (κ2) is 4.66. The lowest BCUT2D eigenvalue weighted by atomic mass is 10.2. The van der Waals surface area contributed by atoms with Gasteiger partial charge in [-0.2, -0.15) is 0 Å². The first-order chi connectivity index (χ1) is 6.65. The first-order valence-corrected chi connectivity index (χ1v) is 4.48. The molecule has 1 heterocycles. The van der Waals surface area contributed by atoms with Crippen LogP contribution >= 0.6 is 0 Å². The van der Waals surface area contributed by atoms with Gasteiger partial charge in [0, 0.05) is 0 Å². The molecule has 0 aromatic carbocycles. The summed E-state index contributed by atoms with van der Waals surface area (Å²) in [5.41, 5.74) is 6.91. The minimum atomic E-state index is -0.477. The van der Waals surface area contributed by atoms with E-state index in [-0.39, 0.29) is 5.91 Å². The third-order valence-corrected chi connectivity index (χ3v) is 1.95. The molecular weight excluding hydrogens is 180 g/mol. The van der Waals surface area contributed by atoms with Gasteiger partial charge in [-0.3, -0.25) is 4.79 Å². The highest BCUT2D eigenvalue weighted by Gasteiger charge is 2.11. The summed E-state index contributed by atoms with van der Waals surface area (Å²) in [5, 5.41) is 2.67. The van der Waals surface area contributed by atoms with Crippen molar-refractivity contribution in [3.8, 4) is 0 Å². The zero-order valence-corrected chi connectivity index (χ0v) is 8.32. The third kappa shape index (κ3) is 2.50. The van der Waals surface area contributed by atoms with Crippen LogP contribution in [0.5, 0.6) is 0 Å². The van der Waals surface area contributed by atoms with Gasteiger partial charge in [0.15, 0.2) is 0 Å². The van der Waals surface area contributed by atoms with Crippen molar-refractivity contribution in [1.82, 2.24) is 9.97 Å². The summed E-state index contributed by atoms with van der Waals surface area (Å²) in [4.78, 5) is 19.2. The van der Waals surface area contributed by atoms with Crippen LogP contribution in [0.1, 0.15) is 19.0 Å². The average molecular weight is 194 g/mol. The van der Waals surface area contributed by atoms with Crippen molar-refractivity contribution >= 4 is 11.6 Å². The molecule has 0 spiro atoms. The fraction of sp³-hybridized carbons (Fsp3) is 0.444. The SMILES string of the molecule is CCC(N)C(=O)Nc1cncnc1C. The van der Waals surface area contributed by atoms with Crippen LogP contribution in [0.4, 0.5) is 5.69 Å². The van der Waals surface area contributed by atoms with Crippen LogP contribution in [0.15, 0.2) is 12.5 Å². The van der Waals surface area contributed by atoms with E-state index in [4.69, 9.17) is 5.73 Å². The Kier molecular flexibility index (Phi) is 3.53. The highest BCUT2D eigenvalue weighted by molar-refractivity contribution is 5.94. The standard InChI is InChI=1S/C9H14N4O/c1-3-7(10)9(14)13-8-4-11-5-12-6(8)2/h4-5,7H,3,10H2,1-2H3,(H,13,14). The van der Waals surface area contributed by atoms with Crippen molar-refractivity contribution in [3.63, 3.8) is 0 Å². The molecule has 76 valence electrons. The number of hydrogen-bond donors (Lipinski definition) is 2. The lowest BCUT2D eigenvalue weighted by Crippen LogP contribution is -2.35. The van der Waals surface area contributed by atoms with Crippen LogP contribution in [0, 0.1) is 6.92 Å². The molecule has 0 aliphatic carbocycles. The Balaban J connectivity index is 2.70. The van der Waals surface area contributed by atoms with E-state index in [1.54, 1.807) is 13.1 Å². The summed E-state index contributed by atoms with van der Waals surface area (Å²) in [6.07, 6.45) is 3.60. The monoisotopic (exact) mass is 194 g/mol. The molecule has 5 nitrogen and oxygen atoms in total. The quantitative estimate of drug-likeness (QED) is 0.732. The average Bonchev–Trinajstić information content (AvgIpc) is 2.20. The number of carbonyl (C=O) groups excluding carboxylic acids is 1. The Morgan fingerprint density at radius 2 is 2.43 bits per heavy atom. The second-order valence-corrected chi connectivity index (χ2v) is 3.03. The van der Waals surface area contributed by atoms with Crippen LogP contribution in [0.2, 0.25) is 0 Å². The van der Waals surface area contributed by atoms with Gasteiger partial charge in [-0.25, -0.2) is 9.97 Å². The van der Waals surface area contributed by atoms with Crippen molar-refractivity contribution in [2.24, 2.45) is 5.73 Å². The van der Waals surface area contributed by atoms with Gasteiger partial charge >= 0.3 is 0 Å². The molecule has 3 N–H and O–H groups in total. The van der Waals surface area contributed by atoms with Gasteiger partial charge < -0.3 is 11.1 Å². The molecule has 1 unspecified atom stereocenters. The van der Waals surface area contributed by atoms with Crippen LogP contribution in [0.25, 0.3) is 0 Å². The minimum Gasteiger partial charge on any atom is -0.322 e. The van der Waals surface area contributed by atoms with Crippen LogP contribution in [-0.2, 0) is 4.79 Å². The van der Waals surface area contributed by atoms with E-state index in [0.29, 0.717) is 12.1 Å². The maximum atomic E-state index is 11.4. The third-order valence-electron chi connectivity index (χ3n) is 1.95. The Bertz CT molecular complexity index is 326. The fourth-order valence-corrected chi connectivity index (χ4v) is 0.924. The lowest BCUT2D eigenvalue weighted by Gasteiger charge is -2.10. The normalized spacial score (nSPS) is 12.2. The summed E-state index contributed by atoms with van der Waals surface area (Å²) >= 11 is 0. The molecule has 1 rings (SSSR count). The molecule has 1 aromatic rings. The van der Waals surface area contributed by atoms with Gasteiger partial charge in [0.1, 0.15) is 6.33 Å². The molecule has 1 amide bonds. The highest BCUT2D eigenvalue weighted by Crippen LogP contribution is 2.08. The van der Waals surface area contributed by atoms with E-state index in [9.17, 15) is 4.79 Å². The van der Waals surface area contributed by atoms with Crippen molar-refractivity contribution in [3.05, 3.63) is 18.2 Å². The molecule has 0 fully saturated rings. The van der Waals surface area contributed by atoms with Gasteiger partial charge in [-0.05, 0) is 13.3 Å². The number of aryl methyl sites for hydroxylation is 1. The predicted molar refractivity (Wildman–Crippen MR) is 53.7 cm³/mol. The molecule has 0 saturated carbocycles. The van der Waals surface area contributed by atoms with E-state index in [1.165, 1.54) is 6.33 Å². The first-order valence-electron chi connectivity index (χ1n) is 4.48. The largest absolute Gasteiger partial charge is 0.322 e. The van der Waals surface area contributed by atoms with Gasteiger partial charge in [-0.1, -0.05) is 6.92 Å². The number of nitrogens with zero attached hydrogens (tertiary/aromatic N) is 2. The highest BCUT2D eigenvalue weighted by atomic mass is 16.2. The molecular formula is C9H14N4O. The number of aromatic nitrogens is 2. The Morgan fingerprint density at radius 3 is 3.00 bits per heavy atom. The molecule has 0 aliphatic rings. The molecule has 1 aromatic heterocycles. The maximum absolute atomic E-state index is 11.4. The van der Waals surface area contributed by atoms with E-state index in [0.717, 1.165) is 5.69 Å². The van der Waals surface area contributed by atoms with Crippen LogP contribution < -0.4 is 11.1 Å². The number of rotatable bonds is 3. The molecule has 14 heavy (non-hydrogen) atoms. The summed E-state index contributed by atoms with van der Waals surface area (Å²) in [6.45, 7) is 3.66. The second-order valence-electron chi connectivity index (χ2n) is 3.03. The minimum absolute atomic E-state index is 0.203. The fourth-order valence-electron chi connectivity index (χ4n) is 0.924. The van der Waals surface area contributed by atoms with Crippen molar-refractivity contribution in [2.75, 3.05) is 5.32 Å².